The van der Waals surface area contributed by atoms with Crippen molar-refractivity contribution in [1.29, 1.82) is 0 Å². The maximum atomic E-state index is 13.0. The van der Waals surface area contributed by atoms with E-state index in [1.165, 1.54) is 23.1 Å². The normalized spacial score (nSPS) is 14.6. The number of benzene rings is 1. The summed E-state index contributed by atoms with van der Waals surface area (Å²) in [6.45, 7) is 3.68. The second kappa shape index (κ2) is 6.69. The summed E-state index contributed by atoms with van der Waals surface area (Å²) in [5.74, 6) is -0.860. The molecule has 2 heterocycles. The number of rotatable bonds is 2. The Kier molecular flexibility index (Phi) is 4.45. The van der Waals surface area contributed by atoms with Gasteiger partial charge >= 0.3 is 11.8 Å². The number of amides is 2. The number of hydrogen-bond acceptors (Lipinski definition) is 5. The van der Waals surface area contributed by atoms with Crippen LogP contribution >= 0.6 is 0 Å². The molecule has 1 aromatic carbocycles. The van der Waals surface area contributed by atoms with Gasteiger partial charge in [0.15, 0.2) is 5.82 Å². The van der Waals surface area contributed by atoms with Crippen LogP contribution in [0.4, 0.5) is 15.9 Å². The first-order valence-corrected chi connectivity index (χ1v) is 7.57. The molecule has 2 aromatic rings. The highest BCUT2D eigenvalue weighted by molar-refractivity contribution is 6.39. The summed E-state index contributed by atoms with van der Waals surface area (Å²) in [4.78, 5) is 27.7. The third-order valence-electron chi connectivity index (χ3n) is 3.82. The number of carbonyl (C=O) groups is 2. The third kappa shape index (κ3) is 3.53. The topological polar surface area (TPSA) is 78.7 Å². The Morgan fingerprint density at radius 2 is 1.83 bits per heavy atom. The SMILES string of the molecule is Cc1cc(NC(=O)C(=O)N2CCN(c3ccc(F)cc3)CC2)no1. The van der Waals surface area contributed by atoms with Crippen molar-refractivity contribution in [3.8, 4) is 0 Å². The molecule has 1 aliphatic rings. The summed E-state index contributed by atoms with van der Waals surface area (Å²) in [5, 5.41) is 6.04. The Labute approximate surface area is 138 Å². The molecule has 2 amide bonds. The zero-order chi connectivity index (χ0) is 17.1. The zero-order valence-corrected chi connectivity index (χ0v) is 13.2. The molecule has 7 nitrogen and oxygen atoms in total. The molecule has 0 saturated carbocycles. The van der Waals surface area contributed by atoms with Crippen LogP contribution in [0.15, 0.2) is 34.9 Å². The molecule has 0 spiro atoms. The molecule has 1 aliphatic heterocycles. The highest BCUT2D eigenvalue weighted by atomic mass is 19.1. The minimum absolute atomic E-state index is 0.218. The Morgan fingerprint density at radius 3 is 2.42 bits per heavy atom. The molecule has 1 saturated heterocycles. The minimum Gasteiger partial charge on any atom is -0.368 e. The molecule has 0 aliphatic carbocycles. The molecule has 1 fully saturated rings. The van der Waals surface area contributed by atoms with E-state index in [9.17, 15) is 14.0 Å². The summed E-state index contributed by atoms with van der Waals surface area (Å²) in [5.41, 5.74) is 0.894. The lowest BCUT2D eigenvalue weighted by Crippen LogP contribution is -2.51. The van der Waals surface area contributed by atoms with Gasteiger partial charge in [0.25, 0.3) is 0 Å². The van der Waals surface area contributed by atoms with Crippen LogP contribution in [0.5, 0.6) is 0 Å². The lowest BCUT2D eigenvalue weighted by atomic mass is 10.2. The van der Waals surface area contributed by atoms with Crippen LogP contribution in [0, 0.1) is 12.7 Å². The molecule has 0 atom stereocenters. The molecule has 1 aromatic heterocycles. The van der Waals surface area contributed by atoms with Crippen molar-refractivity contribution in [2.45, 2.75) is 6.92 Å². The Balaban J connectivity index is 1.54. The van der Waals surface area contributed by atoms with Gasteiger partial charge in [0.2, 0.25) is 0 Å². The zero-order valence-electron chi connectivity index (χ0n) is 13.2. The van der Waals surface area contributed by atoms with E-state index < -0.39 is 11.8 Å². The summed E-state index contributed by atoms with van der Waals surface area (Å²) < 4.78 is 17.8. The van der Waals surface area contributed by atoms with Crippen molar-refractivity contribution in [2.24, 2.45) is 0 Å². The average molecular weight is 332 g/mol. The minimum atomic E-state index is -0.737. The van der Waals surface area contributed by atoms with E-state index in [-0.39, 0.29) is 11.6 Å². The van der Waals surface area contributed by atoms with E-state index in [1.54, 1.807) is 19.1 Å². The van der Waals surface area contributed by atoms with Crippen molar-refractivity contribution < 1.29 is 18.5 Å². The van der Waals surface area contributed by atoms with Crippen LogP contribution in [0.25, 0.3) is 0 Å². The third-order valence-corrected chi connectivity index (χ3v) is 3.82. The molecule has 0 bridgehead atoms. The first-order chi connectivity index (χ1) is 11.5. The van der Waals surface area contributed by atoms with Crippen LogP contribution < -0.4 is 10.2 Å². The Morgan fingerprint density at radius 1 is 1.17 bits per heavy atom. The van der Waals surface area contributed by atoms with Gasteiger partial charge in [-0.2, -0.15) is 0 Å². The van der Waals surface area contributed by atoms with Crippen molar-refractivity contribution >= 4 is 23.3 Å². The fourth-order valence-electron chi connectivity index (χ4n) is 2.56. The number of hydrogen-bond donors (Lipinski definition) is 1. The highest BCUT2D eigenvalue weighted by Gasteiger charge is 2.26. The van der Waals surface area contributed by atoms with Gasteiger partial charge in [-0.1, -0.05) is 5.16 Å². The van der Waals surface area contributed by atoms with Crippen LogP contribution in [0.3, 0.4) is 0 Å². The van der Waals surface area contributed by atoms with Gasteiger partial charge in [-0.3, -0.25) is 14.9 Å². The van der Waals surface area contributed by atoms with Gasteiger partial charge < -0.3 is 14.3 Å². The number of nitrogens with zero attached hydrogens (tertiary/aromatic N) is 3. The monoisotopic (exact) mass is 332 g/mol. The first-order valence-electron chi connectivity index (χ1n) is 7.57. The number of halogens is 1. The maximum absolute atomic E-state index is 13.0. The van der Waals surface area contributed by atoms with E-state index in [0.29, 0.717) is 31.9 Å². The fourth-order valence-corrected chi connectivity index (χ4v) is 2.56. The predicted molar refractivity (Wildman–Crippen MR) is 85.1 cm³/mol. The van der Waals surface area contributed by atoms with Gasteiger partial charge in [0, 0.05) is 37.9 Å². The number of aryl methyl sites for hydroxylation is 1. The summed E-state index contributed by atoms with van der Waals surface area (Å²) in [6.07, 6.45) is 0. The smallest absolute Gasteiger partial charge is 0.315 e. The lowest BCUT2D eigenvalue weighted by Gasteiger charge is -2.35. The summed E-state index contributed by atoms with van der Waals surface area (Å²) in [7, 11) is 0. The van der Waals surface area contributed by atoms with Crippen molar-refractivity contribution in [3.05, 3.63) is 41.9 Å². The fraction of sp³-hybridized carbons (Fsp3) is 0.312. The van der Waals surface area contributed by atoms with Gasteiger partial charge in [-0.25, -0.2) is 4.39 Å². The molecule has 0 radical (unpaired) electrons. The summed E-state index contributed by atoms with van der Waals surface area (Å²) >= 11 is 0. The number of aromatic nitrogens is 1. The summed E-state index contributed by atoms with van der Waals surface area (Å²) in [6, 6.07) is 7.75. The number of piperazine rings is 1. The number of nitrogens with one attached hydrogen (secondary N) is 1. The average Bonchev–Trinajstić information content (AvgIpc) is 3.00. The molecular weight excluding hydrogens is 315 g/mol. The second-order valence-corrected chi connectivity index (χ2v) is 5.53. The lowest BCUT2D eigenvalue weighted by molar-refractivity contribution is -0.143. The van der Waals surface area contributed by atoms with E-state index in [2.05, 4.69) is 10.5 Å². The van der Waals surface area contributed by atoms with Gasteiger partial charge in [-0.05, 0) is 31.2 Å². The van der Waals surface area contributed by atoms with Crippen LogP contribution in [-0.4, -0.2) is 48.0 Å². The highest BCUT2D eigenvalue weighted by Crippen LogP contribution is 2.17. The molecular formula is C16H17FN4O3. The van der Waals surface area contributed by atoms with E-state index >= 15 is 0 Å². The van der Waals surface area contributed by atoms with E-state index in [4.69, 9.17) is 4.52 Å². The molecule has 3 rings (SSSR count). The second-order valence-electron chi connectivity index (χ2n) is 5.53. The van der Waals surface area contributed by atoms with Crippen LogP contribution in [-0.2, 0) is 9.59 Å². The standard InChI is InChI=1S/C16H17FN4O3/c1-11-10-14(19-24-11)18-15(22)16(23)21-8-6-20(7-9-21)13-4-2-12(17)3-5-13/h2-5,10H,6-9H2,1H3,(H,18,19,22). The Hall–Kier alpha value is -2.90. The van der Waals surface area contributed by atoms with Crippen molar-refractivity contribution in [2.75, 3.05) is 36.4 Å². The van der Waals surface area contributed by atoms with Crippen LogP contribution in [0.2, 0.25) is 0 Å². The first kappa shape index (κ1) is 16.0. The molecule has 24 heavy (non-hydrogen) atoms. The molecule has 0 unspecified atom stereocenters. The quantitative estimate of drug-likeness (QED) is 0.841. The maximum Gasteiger partial charge on any atom is 0.315 e. The number of carbonyl (C=O) groups excluding carboxylic acids is 2. The van der Waals surface area contributed by atoms with E-state index in [0.717, 1.165) is 5.69 Å². The largest absolute Gasteiger partial charge is 0.368 e. The van der Waals surface area contributed by atoms with Gasteiger partial charge in [-0.15, -0.1) is 0 Å². The van der Waals surface area contributed by atoms with Crippen molar-refractivity contribution in [3.63, 3.8) is 0 Å². The molecule has 8 heteroatoms. The van der Waals surface area contributed by atoms with Gasteiger partial charge in [0.1, 0.15) is 11.6 Å². The van der Waals surface area contributed by atoms with Crippen molar-refractivity contribution in [1.82, 2.24) is 10.1 Å². The molecule has 1 N–H and O–H groups in total. The molecule has 126 valence electrons. The number of anilines is 2. The van der Waals surface area contributed by atoms with Crippen LogP contribution in [0.1, 0.15) is 5.76 Å². The Bertz CT molecular complexity index is 736. The van der Waals surface area contributed by atoms with Gasteiger partial charge in [0.05, 0.1) is 0 Å². The van der Waals surface area contributed by atoms with E-state index in [1.807, 2.05) is 4.90 Å². The predicted octanol–water partition coefficient (Wildman–Crippen LogP) is 1.41.